The molecule has 0 aliphatic carbocycles. The fraction of sp³-hybridized carbons (Fsp3) is 0.333. The first kappa shape index (κ1) is 4.11. The van der Waals surface area contributed by atoms with Crippen molar-refractivity contribution in [2.75, 3.05) is 0 Å². The van der Waals surface area contributed by atoms with Gasteiger partial charge in [0.15, 0.2) is 0 Å². The number of hydrogen-bond donors (Lipinski definition) is 0. The number of aromatic nitrogens is 2. The third kappa shape index (κ3) is 0.534. The van der Waals surface area contributed by atoms with Gasteiger partial charge in [0.1, 0.15) is 0 Å². The van der Waals surface area contributed by atoms with Crippen LogP contribution in [0.5, 0.6) is 0 Å². The maximum absolute atomic E-state index is 10.2. The molecule has 0 atom stereocenters. The van der Waals surface area contributed by atoms with Crippen LogP contribution in [0, 0.1) is 0 Å². The molecule has 38 valence electrons. The second-order valence-electron chi connectivity index (χ2n) is 1.13. The lowest BCUT2D eigenvalue weighted by atomic mass is 11.2. The summed E-state index contributed by atoms with van der Waals surface area (Å²) < 4.78 is 5.37. The zero-order valence-corrected chi connectivity index (χ0v) is 3.79. The molecule has 0 saturated carbocycles. The number of hydrogen-bond acceptors (Lipinski definition) is 3. The second-order valence-corrected chi connectivity index (χ2v) is 1.13. The van der Waals surface area contributed by atoms with Crippen LogP contribution in [-0.2, 0) is 7.05 Å². The van der Waals surface area contributed by atoms with Crippen LogP contribution in [0.2, 0.25) is 0 Å². The first-order valence-electron chi connectivity index (χ1n) is 1.77. The smallest absolute Gasteiger partial charge is 0.395 e. The fourth-order valence-electron chi connectivity index (χ4n) is 0.263. The van der Waals surface area contributed by atoms with E-state index in [1.807, 2.05) is 0 Å². The third-order valence-corrected chi connectivity index (χ3v) is 0.638. The van der Waals surface area contributed by atoms with Crippen LogP contribution in [0.15, 0.2) is 15.6 Å². The highest BCUT2D eigenvalue weighted by atomic mass is 16.4. The molecular weight excluding hydrogens is 96.0 g/mol. The molecule has 0 aromatic carbocycles. The van der Waals surface area contributed by atoms with Gasteiger partial charge < -0.3 is 4.42 Å². The van der Waals surface area contributed by atoms with Crippen molar-refractivity contribution in [1.82, 2.24) is 9.78 Å². The Morgan fingerprint density at radius 3 is 2.86 bits per heavy atom. The minimum Gasteiger partial charge on any atom is -0.395 e. The first-order valence-corrected chi connectivity index (χ1v) is 1.77. The molecule has 1 aromatic rings. The molecule has 0 bridgehead atoms. The van der Waals surface area contributed by atoms with Crippen molar-refractivity contribution >= 4 is 0 Å². The molecule has 0 fully saturated rings. The van der Waals surface area contributed by atoms with Gasteiger partial charge in [-0.15, -0.1) is 5.10 Å². The van der Waals surface area contributed by atoms with Gasteiger partial charge in [-0.3, -0.25) is 0 Å². The van der Waals surface area contributed by atoms with Gasteiger partial charge >= 0.3 is 5.76 Å². The predicted octanol–water partition coefficient (Wildman–Crippen LogP) is -0.627. The minimum atomic E-state index is -0.431. The van der Waals surface area contributed by atoms with Crippen LogP contribution >= 0.6 is 0 Å². The molecule has 0 amide bonds. The van der Waals surface area contributed by atoms with E-state index in [9.17, 15) is 4.79 Å². The van der Waals surface area contributed by atoms with Gasteiger partial charge in [-0.1, -0.05) is 0 Å². The predicted molar refractivity (Wildman–Crippen MR) is 21.7 cm³/mol. The van der Waals surface area contributed by atoms with Crippen LogP contribution in [0.4, 0.5) is 0 Å². The average Bonchev–Trinajstić information content (AvgIpc) is 1.91. The molecule has 0 radical (unpaired) electrons. The third-order valence-electron chi connectivity index (χ3n) is 0.638. The van der Waals surface area contributed by atoms with Crippen LogP contribution in [0.25, 0.3) is 0 Å². The molecule has 1 heterocycles. The molecule has 1 rings (SSSR count). The summed E-state index contributed by atoms with van der Waals surface area (Å²) in [5.74, 6) is -0.431. The van der Waals surface area contributed by atoms with E-state index in [0.29, 0.717) is 0 Å². The van der Waals surface area contributed by atoms with E-state index >= 15 is 0 Å². The van der Waals surface area contributed by atoms with Crippen LogP contribution in [-0.4, -0.2) is 9.78 Å². The second kappa shape index (κ2) is 1.22. The Balaban J connectivity index is 3.39. The van der Waals surface area contributed by atoms with Crippen molar-refractivity contribution in [3.63, 3.8) is 0 Å². The monoisotopic (exact) mass is 100 g/mol. The van der Waals surface area contributed by atoms with Crippen LogP contribution in [0.3, 0.4) is 0 Å². The topological polar surface area (TPSA) is 48.0 Å². The summed E-state index contributed by atoms with van der Waals surface area (Å²) in [5, 5.41) is 3.45. The molecular formula is C3H4N2O2. The highest BCUT2D eigenvalue weighted by Crippen LogP contribution is 1.62. The largest absolute Gasteiger partial charge is 0.436 e. The molecule has 0 aliphatic rings. The number of rotatable bonds is 0. The Bertz CT molecular complexity index is 199. The fourth-order valence-corrected chi connectivity index (χ4v) is 0.263. The van der Waals surface area contributed by atoms with E-state index in [1.165, 1.54) is 7.05 Å². The lowest BCUT2D eigenvalue weighted by molar-refractivity contribution is 0.494. The Morgan fingerprint density at radius 1 is 2.00 bits per heavy atom. The van der Waals surface area contributed by atoms with Crippen molar-refractivity contribution in [3.05, 3.63) is 16.9 Å². The van der Waals surface area contributed by atoms with Gasteiger partial charge in [-0.25, -0.2) is 4.79 Å². The molecule has 0 aliphatic heterocycles. The van der Waals surface area contributed by atoms with E-state index in [0.717, 1.165) is 11.1 Å². The summed E-state index contributed by atoms with van der Waals surface area (Å²) in [5.41, 5.74) is 0. The van der Waals surface area contributed by atoms with E-state index in [4.69, 9.17) is 0 Å². The summed E-state index contributed by atoms with van der Waals surface area (Å²) >= 11 is 0. The zero-order valence-electron chi connectivity index (χ0n) is 3.79. The molecule has 0 spiro atoms. The van der Waals surface area contributed by atoms with Gasteiger partial charge in [0.2, 0.25) is 6.39 Å². The molecule has 4 nitrogen and oxygen atoms in total. The highest BCUT2D eigenvalue weighted by Gasteiger charge is 1.86. The normalized spacial score (nSPS) is 9.29. The Morgan fingerprint density at radius 2 is 2.71 bits per heavy atom. The van der Waals surface area contributed by atoms with Gasteiger partial charge in [0.05, 0.1) is 0 Å². The molecule has 4 heteroatoms. The summed E-state index contributed by atoms with van der Waals surface area (Å²) in [7, 11) is 1.52. The van der Waals surface area contributed by atoms with Crippen molar-refractivity contribution in [2.24, 2.45) is 7.05 Å². The van der Waals surface area contributed by atoms with Gasteiger partial charge in [-0.05, 0) is 0 Å². The standard InChI is InChI=1S/C3H4N2O2/c1-5-3(6)7-2-4-5/h2H,1H3. The van der Waals surface area contributed by atoms with E-state index in [2.05, 4.69) is 9.52 Å². The first-order chi connectivity index (χ1) is 3.30. The Labute approximate surface area is 39.4 Å². The van der Waals surface area contributed by atoms with Crippen molar-refractivity contribution in [3.8, 4) is 0 Å². The van der Waals surface area contributed by atoms with Gasteiger partial charge in [0, 0.05) is 7.05 Å². The molecule has 0 unspecified atom stereocenters. The summed E-state index contributed by atoms with van der Waals surface area (Å²) in [6.07, 6.45) is 1.10. The summed E-state index contributed by atoms with van der Waals surface area (Å²) in [6, 6.07) is 0. The average molecular weight is 100 g/mol. The summed E-state index contributed by atoms with van der Waals surface area (Å²) in [6.45, 7) is 0. The van der Waals surface area contributed by atoms with Crippen molar-refractivity contribution < 1.29 is 4.42 Å². The Kier molecular flexibility index (Phi) is 0.714. The zero-order chi connectivity index (χ0) is 5.28. The lowest BCUT2D eigenvalue weighted by Crippen LogP contribution is -2.09. The lowest BCUT2D eigenvalue weighted by Gasteiger charge is -1.71. The molecule has 0 N–H and O–H groups in total. The quantitative estimate of drug-likeness (QED) is 0.436. The van der Waals surface area contributed by atoms with Crippen molar-refractivity contribution in [1.29, 1.82) is 0 Å². The van der Waals surface area contributed by atoms with E-state index < -0.39 is 5.76 Å². The SMILES string of the molecule is Cn1ncoc1=O. The Hall–Kier alpha value is -1.06. The van der Waals surface area contributed by atoms with Gasteiger partial charge in [0.25, 0.3) is 0 Å². The molecule has 1 aromatic heterocycles. The van der Waals surface area contributed by atoms with Gasteiger partial charge in [-0.2, -0.15) is 4.68 Å². The molecule has 0 saturated heterocycles. The van der Waals surface area contributed by atoms with Crippen LogP contribution in [0.1, 0.15) is 0 Å². The maximum Gasteiger partial charge on any atom is 0.436 e. The summed E-state index contributed by atoms with van der Waals surface area (Å²) in [4.78, 5) is 10.2. The minimum absolute atomic E-state index is 0.431. The number of aryl methyl sites for hydroxylation is 1. The van der Waals surface area contributed by atoms with Crippen molar-refractivity contribution in [2.45, 2.75) is 0 Å². The van der Waals surface area contributed by atoms with E-state index in [-0.39, 0.29) is 0 Å². The van der Waals surface area contributed by atoms with E-state index in [1.54, 1.807) is 0 Å². The maximum atomic E-state index is 10.2. The number of nitrogens with zero attached hydrogens (tertiary/aromatic N) is 2. The molecule has 7 heavy (non-hydrogen) atoms. The van der Waals surface area contributed by atoms with Crippen LogP contribution < -0.4 is 5.76 Å². The highest BCUT2D eigenvalue weighted by molar-refractivity contribution is 4.44.